The maximum Gasteiger partial charge on any atom is 0.137 e. The Morgan fingerprint density at radius 3 is 2.50 bits per heavy atom. The topological polar surface area (TPSA) is 46.2 Å². The first-order chi connectivity index (χ1) is 7.66. The molecule has 0 aromatic heterocycles. The molecule has 0 unspecified atom stereocenters. The summed E-state index contributed by atoms with van der Waals surface area (Å²) in [6, 6.07) is 0. The van der Waals surface area contributed by atoms with Crippen LogP contribution in [0.5, 0.6) is 5.75 Å². The first kappa shape index (κ1) is 11.7. The minimum Gasteiger partial charge on any atom is -0.506 e. The van der Waals surface area contributed by atoms with Gasteiger partial charge in [-0.2, -0.15) is 0 Å². The smallest absolute Gasteiger partial charge is 0.137 e. The van der Waals surface area contributed by atoms with Crippen LogP contribution >= 0.6 is 11.6 Å². The van der Waals surface area contributed by atoms with Gasteiger partial charge in [-0.15, -0.1) is 0 Å². The van der Waals surface area contributed by atoms with Gasteiger partial charge in [-0.3, -0.25) is 0 Å². The van der Waals surface area contributed by atoms with E-state index in [1.807, 2.05) is 0 Å². The van der Waals surface area contributed by atoms with Crippen LogP contribution in [0.4, 0.5) is 0 Å². The Labute approximate surface area is 101 Å². The van der Waals surface area contributed by atoms with Gasteiger partial charge in [0, 0.05) is 0 Å². The molecule has 3 N–H and O–H groups in total. The van der Waals surface area contributed by atoms with Crippen molar-refractivity contribution in [2.45, 2.75) is 39.0 Å². The lowest BCUT2D eigenvalue weighted by atomic mass is 9.85. The van der Waals surface area contributed by atoms with Crippen molar-refractivity contribution in [3.8, 4) is 5.75 Å². The predicted octanol–water partition coefficient (Wildman–Crippen LogP) is 2.73. The molecule has 2 nitrogen and oxygen atoms in total. The Balaban J connectivity index is 2.60. The van der Waals surface area contributed by atoms with Crippen LogP contribution in [-0.2, 0) is 19.3 Å². The van der Waals surface area contributed by atoms with Crippen LogP contribution < -0.4 is 5.73 Å². The largest absolute Gasteiger partial charge is 0.506 e. The highest BCUT2D eigenvalue weighted by Gasteiger charge is 2.21. The van der Waals surface area contributed by atoms with E-state index in [1.165, 1.54) is 24.0 Å². The van der Waals surface area contributed by atoms with E-state index in [0.717, 1.165) is 24.0 Å². The van der Waals surface area contributed by atoms with E-state index in [0.29, 0.717) is 18.0 Å². The highest BCUT2D eigenvalue weighted by Crippen LogP contribution is 2.40. The van der Waals surface area contributed by atoms with Gasteiger partial charge >= 0.3 is 0 Å². The van der Waals surface area contributed by atoms with Gasteiger partial charge in [0.15, 0.2) is 0 Å². The van der Waals surface area contributed by atoms with Crippen molar-refractivity contribution in [2.75, 3.05) is 6.54 Å². The third kappa shape index (κ3) is 1.80. The third-order valence-electron chi connectivity index (χ3n) is 3.53. The zero-order valence-electron chi connectivity index (χ0n) is 9.65. The fourth-order valence-corrected chi connectivity index (χ4v) is 2.97. The van der Waals surface area contributed by atoms with Crippen LogP contribution in [0.15, 0.2) is 0 Å². The summed E-state index contributed by atoms with van der Waals surface area (Å²) in [5.41, 5.74) is 10.2. The maximum absolute atomic E-state index is 10.1. The Kier molecular flexibility index (Phi) is 3.41. The molecule has 0 aliphatic heterocycles. The molecule has 0 heterocycles. The lowest BCUT2D eigenvalue weighted by Crippen LogP contribution is -2.11. The van der Waals surface area contributed by atoms with E-state index < -0.39 is 0 Å². The van der Waals surface area contributed by atoms with E-state index in [-0.39, 0.29) is 5.75 Å². The highest BCUT2D eigenvalue weighted by molar-refractivity contribution is 6.33. The van der Waals surface area contributed by atoms with Crippen LogP contribution in [0.2, 0.25) is 5.02 Å². The number of phenolic OH excluding ortho intramolecular Hbond substituents is 1. The third-order valence-corrected chi connectivity index (χ3v) is 3.93. The molecule has 1 aromatic carbocycles. The Hall–Kier alpha value is -0.730. The van der Waals surface area contributed by atoms with Crippen LogP contribution in [0.3, 0.4) is 0 Å². The molecule has 88 valence electrons. The summed E-state index contributed by atoms with van der Waals surface area (Å²) in [6.45, 7) is 2.62. The van der Waals surface area contributed by atoms with Crippen LogP contribution in [0.25, 0.3) is 0 Å². The predicted molar refractivity (Wildman–Crippen MR) is 67.3 cm³/mol. The molecule has 1 aliphatic rings. The Bertz CT molecular complexity index is 415. The van der Waals surface area contributed by atoms with Gasteiger partial charge in [0.25, 0.3) is 0 Å². The quantitative estimate of drug-likeness (QED) is 0.834. The molecule has 1 aromatic rings. The van der Waals surface area contributed by atoms with Crippen molar-refractivity contribution in [1.82, 2.24) is 0 Å². The molecular weight excluding hydrogens is 222 g/mol. The Morgan fingerprint density at radius 2 is 1.88 bits per heavy atom. The van der Waals surface area contributed by atoms with Gasteiger partial charge in [0.05, 0.1) is 5.02 Å². The average Bonchev–Trinajstić information content (AvgIpc) is 2.32. The first-order valence-corrected chi connectivity index (χ1v) is 6.26. The number of rotatable bonds is 2. The van der Waals surface area contributed by atoms with Crippen molar-refractivity contribution < 1.29 is 5.11 Å². The number of halogens is 1. The number of hydrogen-bond donors (Lipinski definition) is 2. The molecule has 0 saturated carbocycles. The number of hydrogen-bond acceptors (Lipinski definition) is 2. The highest BCUT2D eigenvalue weighted by atomic mass is 35.5. The summed E-state index contributed by atoms with van der Waals surface area (Å²) in [6.07, 6.45) is 5.16. The van der Waals surface area contributed by atoms with Crippen molar-refractivity contribution in [1.29, 1.82) is 0 Å². The molecule has 0 atom stereocenters. The monoisotopic (exact) mass is 239 g/mol. The van der Waals surface area contributed by atoms with Crippen LogP contribution in [-0.4, -0.2) is 11.7 Å². The second-order valence-electron chi connectivity index (χ2n) is 4.47. The number of benzene rings is 1. The van der Waals surface area contributed by atoms with Gasteiger partial charge in [0.2, 0.25) is 0 Å². The summed E-state index contributed by atoms with van der Waals surface area (Å²) in [5.74, 6) is 0.255. The van der Waals surface area contributed by atoms with E-state index in [4.69, 9.17) is 17.3 Å². The zero-order valence-corrected chi connectivity index (χ0v) is 10.4. The number of aromatic hydroxyl groups is 1. The molecule has 3 heteroatoms. The fraction of sp³-hybridized carbons (Fsp3) is 0.538. The van der Waals surface area contributed by atoms with Gasteiger partial charge < -0.3 is 10.8 Å². The Morgan fingerprint density at radius 1 is 1.25 bits per heavy atom. The van der Waals surface area contributed by atoms with Crippen LogP contribution in [0, 0.1) is 6.92 Å². The maximum atomic E-state index is 10.1. The van der Waals surface area contributed by atoms with Crippen molar-refractivity contribution in [3.05, 3.63) is 27.3 Å². The molecule has 1 aliphatic carbocycles. The number of nitrogens with two attached hydrogens (primary N) is 1. The molecule has 0 radical (unpaired) electrons. The van der Waals surface area contributed by atoms with Crippen molar-refractivity contribution >= 4 is 11.6 Å². The molecule has 0 amide bonds. The first-order valence-electron chi connectivity index (χ1n) is 5.88. The second-order valence-corrected chi connectivity index (χ2v) is 4.85. The standard InChI is InChI=1S/C13H18ClNO/c1-8-9-4-2-3-5-11(9)12(14)13(16)10(8)6-7-15/h16H,2-7,15H2,1H3. The molecule has 0 fully saturated rings. The summed E-state index contributed by atoms with van der Waals surface area (Å²) in [4.78, 5) is 0. The van der Waals surface area contributed by atoms with E-state index >= 15 is 0 Å². The van der Waals surface area contributed by atoms with Gasteiger partial charge in [0.1, 0.15) is 5.75 Å². The second kappa shape index (κ2) is 4.64. The van der Waals surface area contributed by atoms with E-state index in [1.54, 1.807) is 0 Å². The number of phenols is 1. The van der Waals surface area contributed by atoms with Gasteiger partial charge in [-0.1, -0.05) is 11.6 Å². The average molecular weight is 240 g/mol. The SMILES string of the molecule is Cc1c(CCN)c(O)c(Cl)c2c1CCCC2. The van der Waals surface area contributed by atoms with E-state index in [9.17, 15) is 5.11 Å². The normalized spacial score (nSPS) is 14.9. The minimum atomic E-state index is 0.255. The number of fused-ring (bicyclic) bond motifs is 1. The summed E-state index contributed by atoms with van der Waals surface area (Å²) < 4.78 is 0. The van der Waals surface area contributed by atoms with Crippen molar-refractivity contribution in [3.63, 3.8) is 0 Å². The summed E-state index contributed by atoms with van der Waals surface area (Å²) in [5, 5.41) is 10.6. The fourth-order valence-electron chi connectivity index (χ4n) is 2.65. The molecule has 0 bridgehead atoms. The minimum absolute atomic E-state index is 0.255. The molecule has 16 heavy (non-hydrogen) atoms. The van der Waals surface area contributed by atoms with Gasteiger partial charge in [-0.25, -0.2) is 0 Å². The lowest BCUT2D eigenvalue weighted by Gasteiger charge is -2.23. The molecule has 2 rings (SSSR count). The zero-order chi connectivity index (χ0) is 11.7. The summed E-state index contributed by atoms with van der Waals surface area (Å²) >= 11 is 6.23. The molecular formula is C13H18ClNO. The van der Waals surface area contributed by atoms with Gasteiger partial charge in [-0.05, 0) is 67.8 Å². The summed E-state index contributed by atoms with van der Waals surface area (Å²) in [7, 11) is 0. The molecule has 0 spiro atoms. The van der Waals surface area contributed by atoms with E-state index in [2.05, 4.69) is 6.92 Å². The molecule has 0 saturated heterocycles. The van der Waals surface area contributed by atoms with Crippen molar-refractivity contribution in [2.24, 2.45) is 5.73 Å². The van der Waals surface area contributed by atoms with Crippen LogP contribution in [0.1, 0.15) is 35.1 Å². The lowest BCUT2D eigenvalue weighted by molar-refractivity contribution is 0.465.